The summed E-state index contributed by atoms with van der Waals surface area (Å²) in [5.41, 5.74) is 9.23. The maximum atomic E-state index is 13.2. The molecular formula is C27H29N5O6S. The van der Waals surface area contributed by atoms with Crippen LogP contribution in [-0.2, 0) is 14.4 Å². The summed E-state index contributed by atoms with van der Waals surface area (Å²) >= 11 is 0. The number of hydroxylamine groups is 1. The molecule has 0 heterocycles. The average Bonchev–Trinajstić information content (AvgIpc) is 2.89. The molecule has 3 aromatic rings. The third-order valence-electron chi connectivity index (χ3n) is 5.40. The standard InChI is InChI=1S/C27H29N5O6S/c1-16(2)15-30-25(33)18-10-13-21(23(14-18)27(35)32-38-39(3,36)37)20-6-4-5-7-22(20)26(34)31-19-11-8-17(9-12-19)24(28)29/h4-14,16H,15H2,1-3H3,(H3,28,29)(H,30,33)(H,31,34)(H,32,35). The largest absolute Gasteiger partial charge is 0.384 e. The normalized spacial score (nSPS) is 11.1. The van der Waals surface area contributed by atoms with Crippen LogP contribution in [0.1, 0.15) is 50.5 Å². The number of carbonyl (C=O) groups excluding carboxylic acids is 3. The van der Waals surface area contributed by atoms with E-state index in [9.17, 15) is 22.8 Å². The lowest BCUT2D eigenvalue weighted by atomic mass is 9.93. The molecule has 6 N–H and O–H groups in total. The summed E-state index contributed by atoms with van der Waals surface area (Å²) in [4.78, 5) is 38.9. The van der Waals surface area contributed by atoms with E-state index in [4.69, 9.17) is 11.1 Å². The summed E-state index contributed by atoms with van der Waals surface area (Å²) in [6.07, 6.45) is 0.770. The van der Waals surface area contributed by atoms with Gasteiger partial charge in [-0.25, -0.2) is 5.48 Å². The summed E-state index contributed by atoms with van der Waals surface area (Å²) in [5, 5.41) is 13.0. The minimum absolute atomic E-state index is 0.0816. The molecule has 204 valence electrons. The van der Waals surface area contributed by atoms with Crippen molar-refractivity contribution in [3.63, 3.8) is 0 Å². The average molecular weight is 552 g/mol. The van der Waals surface area contributed by atoms with Crippen LogP contribution in [0.5, 0.6) is 0 Å². The van der Waals surface area contributed by atoms with Gasteiger partial charge in [0.05, 0.1) is 11.8 Å². The monoisotopic (exact) mass is 551 g/mol. The van der Waals surface area contributed by atoms with Crippen LogP contribution in [0.15, 0.2) is 66.7 Å². The number of rotatable bonds is 10. The molecule has 0 spiro atoms. The fourth-order valence-corrected chi connectivity index (χ4v) is 3.75. The highest BCUT2D eigenvalue weighted by atomic mass is 32.2. The van der Waals surface area contributed by atoms with Gasteiger partial charge < -0.3 is 16.4 Å². The number of hydrogen-bond donors (Lipinski definition) is 5. The minimum atomic E-state index is -4.01. The number of benzene rings is 3. The molecule has 0 saturated carbocycles. The van der Waals surface area contributed by atoms with Crippen molar-refractivity contribution < 1.29 is 27.1 Å². The van der Waals surface area contributed by atoms with Gasteiger partial charge in [-0.15, -0.1) is 4.28 Å². The number of hydrogen-bond acceptors (Lipinski definition) is 7. The molecule has 0 aromatic heterocycles. The number of carbonyl (C=O) groups is 3. The van der Waals surface area contributed by atoms with Gasteiger partial charge >= 0.3 is 0 Å². The summed E-state index contributed by atoms with van der Waals surface area (Å²) in [5.74, 6) is -1.75. The van der Waals surface area contributed by atoms with Gasteiger partial charge in [0.15, 0.2) is 0 Å². The topological polar surface area (TPSA) is 181 Å². The molecule has 0 atom stereocenters. The number of nitrogens with two attached hydrogens (primary N) is 1. The number of amides is 3. The lowest BCUT2D eigenvalue weighted by Crippen LogP contribution is -2.29. The first kappa shape index (κ1) is 29.0. The number of amidine groups is 1. The van der Waals surface area contributed by atoms with Crippen LogP contribution < -0.4 is 21.8 Å². The maximum absolute atomic E-state index is 13.2. The Hall–Kier alpha value is -4.55. The highest BCUT2D eigenvalue weighted by Crippen LogP contribution is 2.29. The molecule has 0 saturated heterocycles. The van der Waals surface area contributed by atoms with Crippen LogP contribution in [-0.4, -0.2) is 44.8 Å². The zero-order valence-electron chi connectivity index (χ0n) is 21.6. The van der Waals surface area contributed by atoms with E-state index in [-0.39, 0.29) is 34.0 Å². The Kier molecular flexibility index (Phi) is 9.17. The molecule has 12 heteroatoms. The lowest BCUT2D eigenvalue weighted by molar-refractivity contribution is 0.0773. The molecular weight excluding hydrogens is 522 g/mol. The van der Waals surface area contributed by atoms with Crippen LogP contribution in [0.3, 0.4) is 0 Å². The van der Waals surface area contributed by atoms with Gasteiger partial charge in [0, 0.05) is 28.9 Å². The molecule has 3 rings (SSSR count). The smallest absolute Gasteiger partial charge is 0.285 e. The second-order valence-corrected chi connectivity index (χ2v) is 10.6. The molecule has 39 heavy (non-hydrogen) atoms. The molecule has 0 bridgehead atoms. The predicted molar refractivity (Wildman–Crippen MR) is 148 cm³/mol. The number of anilines is 1. The van der Waals surface area contributed by atoms with E-state index in [1.807, 2.05) is 19.3 Å². The number of nitrogen functional groups attached to an aromatic ring is 1. The summed E-state index contributed by atoms with van der Waals surface area (Å²) in [6.45, 7) is 4.28. The van der Waals surface area contributed by atoms with Crippen molar-refractivity contribution in [3.05, 3.63) is 89.0 Å². The first-order valence-corrected chi connectivity index (χ1v) is 13.6. The van der Waals surface area contributed by atoms with E-state index in [1.165, 1.54) is 18.2 Å². The summed E-state index contributed by atoms with van der Waals surface area (Å²) in [6, 6.07) is 17.2. The Morgan fingerprint density at radius 3 is 2.10 bits per heavy atom. The fraction of sp³-hybridized carbons (Fsp3) is 0.185. The lowest BCUT2D eigenvalue weighted by Gasteiger charge is -2.15. The van der Waals surface area contributed by atoms with E-state index >= 15 is 0 Å². The Morgan fingerprint density at radius 2 is 1.49 bits per heavy atom. The van der Waals surface area contributed by atoms with Gasteiger partial charge in [-0.05, 0) is 59.5 Å². The van der Waals surface area contributed by atoms with Gasteiger partial charge in [0.2, 0.25) is 0 Å². The van der Waals surface area contributed by atoms with Crippen LogP contribution >= 0.6 is 0 Å². The highest BCUT2D eigenvalue weighted by Gasteiger charge is 2.21. The third kappa shape index (κ3) is 7.97. The van der Waals surface area contributed by atoms with Gasteiger partial charge in [0.1, 0.15) is 5.84 Å². The van der Waals surface area contributed by atoms with E-state index in [1.54, 1.807) is 48.5 Å². The minimum Gasteiger partial charge on any atom is -0.384 e. The fourth-order valence-electron chi connectivity index (χ4n) is 3.52. The molecule has 0 fully saturated rings. The third-order valence-corrected chi connectivity index (χ3v) is 5.78. The van der Waals surface area contributed by atoms with Crippen LogP contribution in [0.2, 0.25) is 0 Å². The van der Waals surface area contributed by atoms with Gasteiger partial charge in [-0.1, -0.05) is 38.1 Å². The molecule has 3 amide bonds. The first-order valence-electron chi connectivity index (χ1n) is 11.8. The first-order chi connectivity index (χ1) is 18.4. The second-order valence-electron chi connectivity index (χ2n) is 9.07. The summed E-state index contributed by atoms with van der Waals surface area (Å²) in [7, 11) is -4.01. The molecule has 0 aliphatic rings. The second kappa shape index (κ2) is 12.3. The summed E-state index contributed by atoms with van der Waals surface area (Å²) < 4.78 is 27.4. The zero-order chi connectivity index (χ0) is 28.7. The molecule has 0 unspecified atom stereocenters. The van der Waals surface area contributed by atoms with Crippen LogP contribution in [0.4, 0.5) is 5.69 Å². The van der Waals surface area contributed by atoms with Crippen LogP contribution in [0, 0.1) is 11.3 Å². The van der Waals surface area contributed by atoms with Crippen molar-refractivity contribution in [2.75, 3.05) is 18.1 Å². The van der Waals surface area contributed by atoms with Crippen molar-refractivity contribution >= 4 is 39.4 Å². The van der Waals surface area contributed by atoms with Crippen molar-refractivity contribution in [1.82, 2.24) is 10.8 Å². The Balaban J connectivity index is 2.02. The van der Waals surface area contributed by atoms with Crippen molar-refractivity contribution in [3.8, 4) is 11.1 Å². The van der Waals surface area contributed by atoms with Gasteiger partial charge in [-0.2, -0.15) is 8.42 Å². The Labute approximate surface area is 226 Å². The molecule has 0 aliphatic carbocycles. The van der Waals surface area contributed by atoms with Gasteiger partial charge in [-0.3, -0.25) is 19.8 Å². The van der Waals surface area contributed by atoms with Crippen molar-refractivity contribution in [2.24, 2.45) is 11.7 Å². The van der Waals surface area contributed by atoms with E-state index in [0.29, 0.717) is 23.4 Å². The van der Waals surface area contributed by atoms with Gasteiger partial charge in [0.25, 0.3) is 27.8 Å². The zero-order valence-corrected chi connectivity index (χ0v) is 22.4. The quantitative estimate of drug-likeness (QED) is 0.146. The molecule has 0 aliphatic heterocycles. The van der Waals surface area contributed by atoms with E-state index in [2.05, 4.69) is 14.9 Å². The van der Waals surface area contributed by atoms with E-state index < -0.39 is 27.8 Å². The van der Waals surface area contributed by atoms with Crippen molar-refractivity contribution in [1.29, 1.82) is 5.41 Å². The SMILES string of the molecule is CC(C)CNC(=O)c1ccc(-c2ccccc2C(=O)Nc2ccc(C(=N)N)cc2)c(C(=O)NOS(C)(=O)=O)c1. The molecule has 0 radical (unpaired) electrons. The van der Waals surface area contributed by atoms with E-state index in [0.717, 1.165) is 6.26 Å². The number of nitrogens with one attached hydrogen (secondary N) is 4. The Morgan fingerprint density at radius 1 is 0.872 bits per heavy atom. The highest BCUT2D eigenvalue weighted by molar-refractivity contribution is 7.85. The molecule has 11 nitrogen and oxygen atoms in total. The maximum Gasteiger partial charge on any atom is 0.285 e. The molecule has 3 aromatic carbocycles. The Bertz CT molecular complexity index is 1520. The van der Waals surface area contributed by atoms with Crippen LogP contribution in [0.25, 0.3) is 11.1 Å². The van der Waals surface area contributed by atoms with Crippen molar-refractivity contribution in [2.45, 2.75) is 13.8 Å². The predicted octanol–water partition coefficient (Wildman–Crippen LogP) is 2.90.